The molecule has 8 heteroatoms. The first-order chi connectivity index (χ1) is 11.4. The number of aromatic nitrogens is 1. The van der Waals surface area contributed by atoms with E-state index in [1.165, 1.54) is 28.0 Å². The highest BCUT2D eigenvalue weighted by Gasteiger charge is 2.22. The fraction of sp³-hybridized carbons (Fsp3) is 0.125. The summed E-state index contributed by atoms with van der Waals surface area (Å²) in [4.78, 5) is 25.0. The molecule has 0 unspecified atom stereocenters. The summed E-state index contributed by atoms with van der Waals surface area (Å²) in [5.41, 5.74) is -0.148. The Kier molecular flexibility index (Phi) is 4.29. The van der Waals surface area contributed by atoms with E-state index in [1.54, 1.807) is 18.4 Å². The molecule has 2 heterocycles. The van der Waals surface area contributed by atoms with E-state index < -0.39 is 17.3 Å². The predicted molar refractivity (Wildman–Crippen MR) is 92.8 cm³/mol. The Morgan fingerprint density at radius 1 is 1.42 bits per heavy atom. The number of nitrogens with zero attached hydrogens (tertiary/aromatic N) is 1. The van der Waals surface area contributed by atoms with Gasteiger partial charge in [0.15, 0.2) is 5.75 Å². The molecule has 0 aliphatic carbocycles. The topological polar surface area (TPSA) is 71.3 Å². The Morgan fingerprint density at radius 3 is 2.83 bits per heavy atom. The zero-order valence-electron chi connectivity index (χ0n) is 12.5. The third-order valence-corrected chi connectivity index (χ3v) is 4.77. The molecule has 0 spiro atoms. The SMILES string of the molecule is CCn1c(=O)c(C(=O)Nc2ccc(F)c(Cl)c2)c(O)c2sccc21. The highest BCUT2D eigenvalue weighted by atomic mass is 35.5. The van der Waals surface area contributed by atoms with Gasteiger partial charge in [-0.2, -0.15) is 0 Å². The van der Waals surface area contributed by atoms with Crippen LogP contribution in [0.4, 0.5) is 10.1 Å². The van der Waals surface area contributed by atoms with E-state index in [2.05, 4.69) is 5.32 Å². The molecule has 0 saturated heterocycles. The summed E-state index contributed by atoms with van der Waals surface area (Å²) < 4.78 is 15.1. The van der Waals surface area contributed by atoms with Gasteiger partial charge in [0.1, 0.15) is 11.4 Å². The van der Waals surface area contributed by atoms with Gasteiger partial charge in [0.2, 0.25) is 0 Å². The van der Waals surface area contributed by atoms with Gasteiger partial charge in [-0.25, -0.2) is 4.39 Å². The van der Waals surface area contributed by atoms with E-state index in [4.69, 9.17) is 11.6 Å². The molecule has 124 valence electrons. The Morgan fingerprint density at radius 2 is 2.17 bits per heavy atom. The average molecular weight is 367 g/mol. The summed E-state index contributed by atoms with van der Waals surface area (Å²) in [6.45, 7) is 2.13. The van der Waals surface area contributed by atoms with Crippen molar-refractivity contribution in [2.24, 2.45) is 0 Å². The number of halogens is 2. The zero-order chi connectivity index (χ0) is 17.4. The summed E-state index contributed by atoms with van der Waals surface area (Å²) in [5, 5.41) is 14.4. The molecule has 3 rings (SSSR count). The highest BCUT2D eigenvalue weighted by Crippen LogP contribution is 2.31. The molecule has 2 N–H and O–H groups in total. The second-order valence-corrected chi connectivity index (χ2v) is 6.31. The second-order valence-electron chi connectivity index (χ2n) is 4.99. The van der Waals surface area contributed by atoms with Crippen molar-refractivity contribution >= 4 is 44.7 Å². The van der Waals surface area contributed by atoms with Gasteiger partial charge >= 0.3 is 0 Å². The number of hydrogen-bond acceptors (Lipinski definition) is 4. The number of fused-ring (bicyclic) bond motifs is 1. The molecule has 0 saturated carbocycles. The summed E-state index contributed by atoms with van der Waals surface area (Å²) in [6, 6.07) is 5.36. The third kappa shape index (κ3) is 2.65. The van der Waals surface area contributed by atoms with Gasteiger partial charge in [-0.1, -0.05) is 11.6 Å². The third-order valence-electron chi connectivity index (χ3n) is 3.57. The molecule has 0 aliphatic heterocycles. The summed E-state index contributed by atoms with van der Waals surface area (Å²) >= 11 is 6.91. The average Bonchev–Trinajstić information content (AvgIpc) is 3.01. The molecule has 0 fully saturated rings. The van der Waals surface area contributed by atoms with Gasteiger partial charge in [-0.3, -0.25) is 9.59 Å². The van der Waals surface area contributed by atoms with Crippen LogP contribution in [0.5, 0.6) is 5.75 Å². The number of anilines is 1. The van der Waals surface area contributed by atoms with E-state index >= 15 is 0 Å². The largest absolute Gasteiger partial charge is 0.505 e. The van der Waals surface area contributed by atoms with E-state index in [0.717, 1.165) is 6.07 Å². The first kappa shape index (κ1) is 16.5. The second kappa shape index (κ2) is 6.26. The lowest BCUT2D eigenvalue weighted by atomic mass is 10.2. The van der Waals surface area contributed by atoms with E-state index in [-0.39, 0.29) is 22.0 Å². The number of hydrogen-bond donors (Lipinski definition) is 2. The highest BCUT2D eigenvalue weighted by molar-refractivity contribution is 7.17. The van der Waals surface area contributed by atoms with E-state index in [9.17, 15) is 19.1 Å². The molecule has 0 aliphatic rings. The van der Waals surface area contributed by atoms with Crippen molar-refractivity contribution in [1.82, 2.24) is 4.57 Å². The number of aromatic hydroxyl groups is 1. The van der Waals surface area contributed by atoms with Crippen molar-refractivity contribution in [2.45, 2.75) is 13.5 Å². The van der Waals surface area contributed by atoms with Crippen molar-refractivity contribution in [3.05, 3.63) is 56.4 Å². The monoisotopic (exact) mass is 366 g/mol. The van der Waals surface area contributed by atoms with Crippen LogP contribution in [0.15, 0.2) is 34.4 Å². The van der Waals surface area contributed by atoms with Crippen LogP contribution in [-0.2, 0) is 6.54 Å². The van der Waals surface area contributed by atoms with Crippen LogP contribution in [0.2, 0.25) is 5.02 Å². The number of aryl methyl sites for hydroxylation is 1. The van der Waals surface area contributed by atoms with Crippen LogP contribution in [0, 0.1) is 5.82 Å². The number of carbonyl (C=O) groups is 1. The minimum Gasteiger partial charge on any atom is -0.505 e. The van der Waals surface area contributed by atoms with Crippen molar-refractivity contribution in [3.63, 3.8) is 0 Å². The Labute approximate surface area is 144 Å². The Bertz CT molecular complexity index is 1010. The summed E-state index contributed by atoms with van der Waals surface area (Å²) in [5.74, 6) is -1.76. The van der Waals surface area contributed by atoms with Gasteiger partial charge < -0.3 is 15.0 Å². The Balaban J connectivity index is 2.09. The van der Waals surface area contributed by atoms with Gasteiger partial charge in [-0.15, -0.1) is 11.3 Å². The lowest BCUT2D eigenvalue weighted by Gasteiger charge is -2.11. The minimum absolute atomic E-state index is 0.156. The predicted octanol–water partition coefficient (Wildman–Crippen LogP) is 3.83. The van der Waals surface area contributed by atoms with Crippen molar-refractivity contribution in [2.75, 3.05) is 5.32 Å². The van der Waals surface area contributed by atoms with Crippen LogP contribution < -0.4 is 10.9 Å². The number of benzene rings is 1. The molecule has 0 atom stereocenters. The van der Waals surface area contributed by atoms with Gasteiger partial charge in [0, 0.05) is 12.2 Å². The first-order valence-electron chi connectivity index (χ1n) is 7.03. The van der Waals surface area contributed by atoms with E-state index in [0.29, 0.717) is 16.8 Å². The fourth-order valence-corrected chi connectivity index (χ4v) is 3.46. The van der Waals surface area contributed by atoms with Crippen LogP contribution >= 0.6 is 22.9 Å². The quantitative estimate of drug-likeness (QED) is 0.740. The number of rotatable bonds is 3. The normalized spacial score (nSPS) is 11.0. The number of pyridine rings is 1. The summed E-state index contributed by atoms with van der Waals surface area (Å²) in [7, 11) is 0. The van der Waals surface area contributed by atoms with E-state index in [1.807, 2.05) is 0 Å². The number of carbonyl (C=O) groups excluding carboxylic acids is 1. The molecule has 1 amide bonds. The molecular weight excluding hydrogens is 355 g/mol. The van der Waals surface area contributed by atoms with Gasteiger partial charge in [0.25, 0.3) is 11.5 Å². The van der Waals surface area contributed by atoms with Crippen molar-refractivity contribution in [3.8, 4) is 5.75 Å². The Hall–Kier alpha value is -2.38. The molecule has 24 heavy (non-hydrogen) atoms. The molecular formula is C16H12ClFN2O3S. The maximum absolute atomic E-state index is 13.2. The molecule has 3 aromatic rings. The fourth-order valence-electron chi connectivity index (χ4n) is 2.44. The van der Waals surface area contributed by atoms with Crippen LogP contribution in [0.25, 0.3) is 10.2 Å². The van der Waals surface area contributed by atoms with Gasteiger partial charge in [-0.05, 0) is 36.6 Å². The standard InChI is InChI=1S/C16H12ClFN2O3S/c1-2-20-11-5-6-24-14(11)13(21)12(16(20)23)15(22)19-8-3-4-10(18)9(17)7-8/h3-7,21H,2H2,1H3,(H,19,22). The van der Waals surface area contributed by atoms with Gasteiger partial charge in [0.05, 0.1) is 15.2 Å². The lowest BCUT2D eigenvalue weighted by Crippen LogP contribution is -2.29. The van der Waals surface area contributed by atoms with Crippen LogP contribution in [0.3, 0.4) is 0 Å². The van der Waals surface area contributed by atoms with Crippen LogP contribution in [-0.4, -0.2) is 15.6 Å². The maximum atomic E-state index is 13.2. The van der Waals surface area contributed by atoms with Crippen molar-refractivity contribution < 1.29 is 14.3 Å². The molecule has 5 nitrogen and oxygen atoms in total. The van der Waals surface area contributed by atoms with Crippen LogP contribution in [0.1, 0.15) is 17.3 Å². The molecule has 0 radical (unpaired) electrons. The number of nitrogens with one attached hydrogen (secondary N) is 1. The molecule has 0 bridgehead atoms. The first-order valence-corrected chi connectivity index (χ1v) is 8.29. The maximum Gasteiger partial charge on any atom is 0.267 e. The molecule has 1 aromatic carbocycles. The number of amides is 1. The zero-order valence-corrected chi connectivity index (χ0v) is 14.0. The lowest BCUT2D eigenvalue weighted by molar-refractivity contribution is 0.102. The minimum atomic E-state index is -0.780. The number of thiophene rings is 1. The van der Waals surface area contributed by atoms with Crippen molar-refractivity contribution in [1.29, 1.82) is 0 Å². The molecule has 2 aromatic heterocycles. The summed E-state index contributed by atoms with van der Waals surface area (Å²) in [6.07, 6.45) is 0. The smallest absolute Gasteiger partial charge is 0.267 e.